The number of rotatable bonds is 6. The van der Waals surface area contributed by atoms with Gasteiger partial charge in [0, 0.05) is 18.0 Å². The summed E-state index contributed by atoms with van der Waals surface area (Å²) in [6.45, 7) is 2.17. The van der Waals surface area contributed by atoms with Gasteiger partial charge in [0.05, 0.1) is 10.4 Å². The number of amides is 1. The Morgan fingerprint density at radius 1 is 1.29 bits per heavy atom. The summed E-state index contributed by atoms with van der Waals surface area (Å²) in [5, 5.41) is 14.6. The number of imidazole rings is 1. The average Bonchev–Trinajstić information content (AvgIpc) is 3.28. The number of thiophene rings is 1. The molecule has 4 heterocycles. The SMILES string of the molecule is CCCCCc1nnc(NC(=O)c2cc3c(nc4sccn43)s2)s1. The molecule has 0 unspecified atom stereocenters. The Bertz CT molecular complexity index is 995. The normalized spacial score (nSPS) is 11.5. The van der Waals surface area contributed by atoms with Crippen LogP contribution in [-0.2, 0) is 6.42 Å². The van der Waals surface area contributed by atoms with Crippen molar-refractivity contribution in [1.29, 1.82) is 0 Å². The van der Waals surface area contributed by atoms with Crippen LogP contribution in [0.3, 0.4) is 0 Å². The minimum atomic E-state index is -0.154. The molecular formula is C15H15N5OS3. The van der Waals surface area contributed by atoms with E-state index in [2.05, 4.69) is 27.4 Å². The predicted molar refractivity (Wildman–Crippen MR) is 99.5 cm³/mol. The van der Waals surface area contributed by atoms with Crippen molar-refractivity contribution in [1.82, 2.24) is 19.6 Å². The summed E-state index contributed by atoms with van der Waals surface area (Å²) in [5.41, 5.74) is 0.971. The monoisotopic (exact) mass is 377 g/mol. The molecule has 0 atom stereocenters. The lowest BCUT2D eigenvalue weighted by molar-refractivity contribution is 0.103. The molecule has 0 aliphatic carbocycles. The molecule has 0 fully saturated rings. The molecule has 4 rings (SSSR count). The molecule has 0 bridgehead atoms. The van der Waals surface area contributed by atoms with E-state index >= 15 is 0 Å². The van der Waals surface area contributed by atoms with Crippen molar-refractivity contribution in [2.24, 2.45) is 0 Å². The summed E-state index contributed by atoms with van der Waals surface area (Å²) in [4.78, 5) is 19.4. The van der Waals surface area contributed by atoms with E-state index in [-0.39, 0.29) is 5.91 Å². The van der Waals surface area contributed by atoms with Gasteiger partial charge in [-0.25, -0.2) is 4.98 Å². The fraction of sp³-hybridized carbons (Fsp3) is 0.333. The topological polar surface area (TPSA) is 72.2 Å². The number of nitrogens with one attached hydrogen (secondary N) is 1. The molecule has 4 aromatic heterocycles. The average molecular weight is 378 g/mol. The van der Waals surface area contributed by atoms with Crippen LogP contribution in [-0.4, -0.2) is 25.5 Å². The summed E-state index contributed by atoms with van der Waals surface area (Å²) in [5.74, 6) is -0.154. The van der Waals surface area contributed by atoms with E-state index in [1.165, 1.54) is 35.5 Å². The van der Waals surface area contributed by atoms with Crippen LogP contribution in [0.2, 0.25) is 0 Å². The van der Waals surface area contributed by atoms with Crippen LogP contribution in [0.5, 0.6) is 0 Å². The molecular weight excluding hydrogens is 362 g/mol. The fourth-order valence-corrected chi connectivity index (χ4v) is 4.92. The second kappa shape index (κ2) is 6.58. The van der Waals surface area contributed by atoms with Gasteiger partial charge in [-0.2, -0.15) is 0 Å². The maximum absolute atomic E-state index is 12.4. The van der Waals surface area contributed by atoms with Gasteiger partial charge in [-0.1, -0.05) is 31.1 Å². The van der Waals surface area contributed by atoms with Gasteiger partial charge < -0.3 is 0 Å². The third-order valence-corrected chi connectivity index (χ3v) is 6.32. The maximum Gasteiger partial charge on any atom is 0.267 e. The lowest BCUT2D eigenvalue weighted by Crippen LogP contribution is -2.09. The smallest absolute Gasteiger partial charge is 0.267 e. The fourth-order valence-electron chi connectivity index (χ4n) is 2.45. The zero-order chi connectivity index (χ0) is 16.5. The molecule has 24 heavy (non-hydrogen) atoms. The summed E-state index contributed by atoms with van der Waals surface area (Å²) >= 11 is 4.43. The van der Waals surface area contributed by atoms with E-state index < -0.39 is 0 Å². The Labute approximate surface area is 150 Å². The highest BCUT2D eigenvalue weighted by molar-refractivity contribution is 7.21. The van der Waals surface area contributed by atoms with Gasteiger partial charge in [0.2, 0.25) is 5.13 Å². The van der Waals surface area contributed by atoms with Crippen molar-refractivity contribution in [3.05, 3.63) is 27.5 Å². The van der Waals surface area contributed by atoms with Gasteiger partial charge in [-0.15, -0.1) is 32.9 Å². The minimum Gasteiger partial charge on any atom is -0.296 e. The van der Waals surface area contributed by atoms with E-state index in [0.717, 1.165) is 33.2 Å². The number of carbonyl (C=O) groups is 1. The van der Waals surface area contributed by atoms with Crippen molar-refractivity contribution in [2.45, 2.75) is 32.6 Å². The van der Waals surface area contributed by atoms with E-state index in [0.29, 0.717) is 10.0 Å². The number of nitrogens with zero attached hydrogens (tertiary/aromatic N) is 4. The number of hydrogen-bond donors (Lipinski definition) is 1. The molecule has 0 aliphatic rings. The summed E-state index contributed by atoms with van der Waals surface area (Å²) in [6, 6.07) is 1.88. The molecule has 4 aromatic rings. The number of aromatic nitrogens is 4. The first kappa shape index (κ1) is 15.7. The highest BCUT2D eigenvalue weighted by Crippen LogP contribution is 2.29. The lowest BCUT2D eigenvalue weighted by atomic mass is 10.2. The van der Waals surface area contributed by atoms with E-state index in [1.807, 2.05) is 22.0 Å². The molecule has 1 amide bonds. The van der Waals surface area contributed by atoms with Gasteiger partial charge >= 0.3 is 0 Å². The summed E-state index contributed by atoms with van der Waals surface area (Å²) in [6.07, 6.45) is 6.37. The molecule has 0 saturated heterocycles. The lowest BCUT2D eigenvalue weighted by Gasteiger charge is -1.96. The van der Waals surface area contributed by atoms with Crippen molar-refractivity contribution in [3.63, 3.8) is 0 Å². The maximum atomic E-state index is 12.4. The molecule has 6 nitrogen and oxygen atoms in total. The van der Waals surface area contributed by atoms with Crippen LogP contribution in [0.1, 0.15) is 40.9 Å². The summed E-state index contributed by atoms with van der Waals surface area (Å²) < 4.78 is 2.00. The standard InChI is InChI=1S/C15H15N5OS3/c1-2-3-4-5-11-18-19-14(24-11)16-12(21)10-8-9-13(23-10)17-15-20(9)6-7-22-15/h6-8H,2-5H2,1H3,(H,16,19,21). The molecule has 0 aromatic carbocycles. The first-order chi connectivity index (χ1) is 11.7. The first-order valence-electron chi connectivity index (χ1n) is 7.73. The largest absolute Gasteiger partial charge is 0.296 e. The molecule has 0 saturated carbocycles. The highest BCUT2D eigenvalue weighted by Gasteiger charge is 2.16. The first-order valence-corrected chi connectivity index (χ1v) is 10.2. The Hall–Kier alpha value is -1.84. The molecule has 0 spiro atoms. The van der Waals surface area contributed by atoms with E-state index in [4.69, 9.17) is 0 Å². The van der Waals surface area contributed by atoms with Crippen molar-refractivity contribution < 1.29 is 4.79 Å². The molecule has 1 N–H and O–H groups in total. The summed E-state index contributed by atoms with van der Waals surface area (Å²) in [7, 11) is 0. The number of anilines is 1. The number of carbonyl (C=O) groups excluding carboxylic acids is 1. The Kier molecular flexibility index (Phi) is 4.30. The zero-order valence-corrected chi connectivity index (χ0v) is 15.4. The molecule has 9 heteroatoms. The van der Waals surface area contributed by atoms with Crippen LogP contribution in [0.15, 0.2) is 17.6 Å². The van der Waals surface area contributed by atoms with Crippen molar-refractivity contribution >= 4 is 60.4 Å². The third-order valence-electron chi connectivity index (χ3n) is 3.65. The van der Waals surface area contributed by atoms with Gasteiger partial charge in [-0.3, -0.25) is 14.5 Å². The number of hydrogen-bond acceptors (Lipinski definition) is 7. The third kappa shape index (κ3) is 2.94. The molecule has 0 aliphatic heterocycles. The van der Waals surface area contributed by atoms with Gasteiger partial charge in [0.15, 0.2) is 4.96 Å². The number of fused-ring (bicyclic) bond motifs is 3. The van der Waals surface area contributed by atoms with Crippen LogP contribution < -0.4 is 5.32 Å². The molecule has 0 radical (unpaired) electrons. The second-order valence-corrected chi connectivity index (χ2v) is 8.35. The zero-order valence-electron chi connectivity index (χ0n) is 13.0. The Balaban J connectivity index is 1.48. The highest BCUT2D eigenvalue weighted by atomic mass is 32.1. The van der Waals surface area contributed by atoms with E-state index in [1.54, 1.807) is 11.3 Å². The van der Waals surface area contributed by atoms with Crippen molar-refractivity contribution in [2.75, 3.05) is 5.32 Å². The van der Waals surface area contributed by atoms with Gasteiger partial charge in [0.25, 0.3) is 5.91 Å². The van der Waals surface area contributed by atoms with Crippen LogP contribution >= 0.6 is 34.0 Å². The van der Waals surface area contributed by atoms with E-state index in [9.17, 15) is 4.79 Å². The Morgan fingerprint density at radius 3 is 3.08 bits per heavy atom. The van der Waals surface area contributed by atoms with Crippen LogP contribution in [0, 0.1) is 0 Å². The number of aryl methyl sites for hydroxylation is 1. The minimum absolute atomic E-state index is 0.154. The van der Waals surface area contributed by atoms with Crippen LogP contribution in [0.25, 0.3) is 15.3 Å². The second-order valence-electron chi connectivity index (χ2n) is 5.38. The van der Waals surface area contributed by atoms with Crippen molar-refractivity contribution in [3.8, 4) is 0 Å². The predicted octanol–water partition coefficient (Wildman–Crippen LogP) is 4.45. The quantitative estimate of drug-likeness (QED) is 0.504. The van der Waals surface area contributed by atoms with Crippen LogP contribution in [0.4, 0.5) is 5.13 Å². The number of unbranched alkanes of at least 4 members (excludes halogenated alkanes) is 2. The van der Waals surface area contributed by atoms with Gasteiger partial charge in [-0.05, 0) is 12.5 Å². The van der Waals surface area contributed by atoms with Gasteiger partial charge in [0.1, 0.15) is 9.84 Å². The Morgan fingerprint density at radius 2 is 2.21 bits per heavy atom. The molecule has 124 valence electrons. The number of thiazole rings is 1.